The second-order valence-electron chi connectivity index (χ2n) is 8.40. The lowest BCUT2D eigenvalue weighted by molar-refractivity contribution is -0.116. The number of benzene rings is 2. The summed E-state index contributed by atoms with van der Waals surface area (Å²) < 4.78 is 11.2. The van der Waals surface area contributed by atoms with Gasteiger partial charge in [-0.05, 0) is 65.2 Å². The van der Waals surface area contributed by atoms with Crippen molar-refractivity contribution in [3.63, 3.8) is 0 Å². The van der Waals surface area contributed by atoms with Crippen molar-refractivity contribution in [1.29, 1.82) is 0 Å². The Hall–Kier alpha value is -3.94. The number of pyridine rings is 1. The first-order valence-electron chi connectivity index (χ1n) is 11.6. The highest BCUT2D eigenvalue weighted by Crippen LogP contribution is 2.33. The van der Waals surface area contributed by atoms with E-state index in [0.29, 0.717) is 48.2 Å². The van der Waals surface area contributed by atoms with E-state index in [1.807, 2.05) is 59.5 Å². The van der Waals surface area contributed by atoms with E-state index in [1.54, 1.807) is 18.5 Å². The van der Waals surface area contributed by atoms with Gasteiger partial charge < -0.3 is 19.4 Å². The van der Waals surface area contributed by atoms with Gasteiger partial charge in [-0.25, -0.2) is 0 Å². The second kappa shape index (κ2) is 10.8. The van der Waals surface area contributed by atoms with E-state index in [2.05, 4.69) is 10.3 Å². The monoisotopic (exact) mass is 501 g/mol. The Balaban J connectivity index is 1.27. The molecule has 1 aliphatic heterocycles. The summed E-state index contributed by atoms with van der Waals surface area (Å²) >= 11 is 6.52. The van der Waals surface area contributed by atoms with E-state index in [4.69, 9.17) is 20.8 Å². The number of morpholine rings is 1. The normalized spacial score (nSPS) is 13.9. The molecule has 4 aromatic rings. The summed E-state index contributed by atoms with van der Waals surface area (Å²) in [5.74, 6) is 0.377. The van der Waals surface area contributed by atoms with E-state index >= 15 is 0 Å². The first-order chi connectivity index (χ1) is 17.6. The minimum absolute atomic E-state index is 0.00970. The molecule has 0 atom stereocenters. The Morgan fingerprint density at radius 1 is 1.00 bits per heavy atom. The predicted octanol–water partition coefficient (Wildman–Crippen LogP) is 4.95. The van der Waals surface area contributed by atoms with Crippen molar-refractivity contribution < 1.29 is 18.7 Å². The van der Waals surface area contributed by atoms with Crippen molar-refractivity contribution in [3.05, 3.63) is 95.0 Å². The molecular formula is C28H24ClN3O4. The summed E-state index contributed by atoms with van der Waals surface area (Å²) in [6, 6.07) is 16.8. The number of fused-ring (bicyclic) bond motifs is 1. The van der Waals surface area contributed by atoms with Gasteiger partial charge in [0.1, 0.15) is 5.76 Å². The van der Waals surface area contributed by atoms with Crippen LogP contribution in [0.15, 0.2) is 77.5 Å². The molecule has 3 heterocycles. The fourth-order valence-electron chi connectivity index (χ4n) is 4.05. The van der Waals surface area contributed by atoms with Gasteiger partial charge in [-0.3, -0.25) is 14.6 Å². The summed E-state index contributed by atoms with van der Waals surface area (Å²) in [7, 11) is 0. The number of nitrogens with one attached hydrogen (secondary N) is 1. The van der Waals surface area contributed by atoms with Gasteiger partial charge in [0.15, 0.2) is 5.58 Å². The van der Waals surface area contributed by atoms with Crippen molar-refractivity contribution in [1.82, 2.24) is 15.2 Å². The van der Waals surface area contributed by atoms with Crippen LogP contribution in [-0.2, 0) is 16.1 Å². The molecule has 36 heavy (non-hydrogen) atoms. The maximum absolute atomic E-state index is 12.7. The summed E-state index contributed by atoms with van der Waals surface area (Å²) in [5, 5.41) is 4.13. The van der Waals surface area contributed by atoms with Crippen LogP contribution in [0, 0.1) is 0 Å². The molecule has 0 saturated carbocycles. The molecule has 0 aliphatic carbocycles. The molecule has 2 aromatic carbocycles. The van der Waals surface area contributed by atoms with E-state index in [1.165, 1.54) is 6.08 Å². The number of nitrogens with zero attached hydrogens (tertiary/aromatic N) is 2. The van der Waals surface area contributed by atoms with Crippen LogP contribution < -0.4 is 5.32 Å². The molecule has 0 radical (unpaired) electrons. The third kappa shape index (κ3) is 5.48. The molecule has 0 unspecified atom stereocenters. The van der Waals surface area contributed by atoms with Crippen molar-refractivity contribution in [2.45, 2.75) is 6.54 Å². The molecule has 182 valence electrons. The van der Waals surface area contributed by atoms with Gasteiger partial charge in [-0.15, -0.1) is 0 Å². The minimum Gasteiger partial charge on any atom is -0.458 e. The van der Waals surface area contributed by atoms with E-state index < -0.39 is 0 Å². The van der Waals surface area contributed by atoms with Gasteiger partial charge in [0, 0.05) is 42.5 Å². The number of amides is 2. The number of aromatic nitrogens is 1. The highest BCUT2D eigenvalue weighted by Gasteiger charge is 2.18. The van der Waals surface area contributed by atoms with Crippen LogP contribution in [0.2, 0.25) is 5.02 Å². The Bertz CT molecular complexity index is 1410. The van der Waals surface area contributed by atoms with Gasteiger partial charge in [0.05, 0.1) is 24.8 Å². The van der Waals surface area contributed by atoms with Crippen LogP contribution in [0.5, 0.6) is 0 Å². The molecule has 1 N–H and O–H groups in total. The largest absolute Gasteiger partial charge is 0.458 e. The fraction of sp³-hybridized carbons (Fsp3) is 0.179. The second-order valence-corrected chi connectivity index (χ2v) is 8.81. The highest BCUT2D eigenvalue weighted by molar-refractivity contribution is 6.35. The molecule has 1 aliphatic rings. The Morgan fingerprint density at radius 3 is 2.50 bits per heavy atom. The van der Waals surface area contributed by atoms with Gasteiger partial charge in [-0.2, -0.15) is 0 Å². The lowest BCUT2D eigenvalue weighted by atomic mass is 10.0. The molecular weight excluding hydrogens is 478 g/mol. The molecule has 8 heteroatoms. The third-order valence-electron chi connectivity index (χ3n) is 5.96. The summed E-state index contributed by atoms with van der Waals surface area (Å²) in [6.45, 7) is 2.59. The Morgan fingerprint density at radius 2 is 1.75 bits per heavy atom. The van der Waals surface area contributed by atoms with Crippen molar-refractivity contribution in [2.24, 2.45) is 0 Å². The highest BCUT2D eigenvalue weighted by atomic mass is 35.5. The smallest absolute Gasteiger partial charge is 0.254 e. The van der Waals surface area contributed by atoms with Crippen LogP contribution in [-0.4, -0.2) is 48.0 Å². The number of halogens is 1. The van der Waals surface area contributed by atoms with Crippen molar-refractivity contribution >= 4 is 40.5 Å². The van der Waals surface area contributed by atoms with Crippen molar-refractivity contribution in [3.8, 4) is 11.1 Å². The number of hydrogen-bond donors (Lipinski definition) is 1. The molecule has 0 spiro atoms. The minimum atomic E-state index is -0.231. The Kier molecular flexibility index (Phi) is 7.11. The maximum atomic E-state index is 12.7. The van der Waals surface area contributed by atoms with Gasteiger partial charge in [-0.1, -0.05) is 23.7 Å². The molecule has 1 fully saturated rings. The van der Waals surface area contributed by atoms with E-state index in [9.17, 15) is 9.59 Å². The number of hydrogen-bond acceptors (Lipinski definition) is 5. The van der Waals surface area contributed by atoms with Gasteiger partial charge in [0.2, 0.25) is 5.91 Å². The SMILES string of the molecule is O=C(/C=C/c1ccncc1)NCc1cc2cc(-c3ccc(C(=O)N4CCOCC4)cc3)cc(Cl)c2o1. The first kappa shape index (κ1) is 23.8. The summed E-state index contributed by atoms with van der Waals surface area (Å²) in [4.78, 5) is 30.6. The van der Waals surface area contributed by atoms with Gasteiger partial charge in [0.25, 0.3) is 5.91 Å². The lowest BCUT2D eigenvalue weighted by Gasteiger charge is -2.26. The molecule has 7 nitrogen and oxygen atoms in total. The van der Waals surface area contributed by atoms with Crippen molar-refractivity contribution in [2.75, 3.05) is 26.3 Å². The van der Waals surface area contributed by atoms with Crippen LogP contribution in [0.3, 0.4) is 0 Å². The lowest BCUT2D eigenvalue weighted by Crippen LogP contribution is -2.40. The van der Waals surface area contributed by atoms with Crippen LogP contribution in [0.1, 0.15) is 21.7 Å². The average Bonchev–Trinajstić information content (AvgIpc) is 3.35. The summed E-state index contributed by atoms with van der Waals surface area (Å²) in [6.07, 6.45) is 6.53. The maximum Gasteiger partial charge on any atom is 0.254 e. The summed E-state index contributed by atoms with van der Waals surface area (Å²) in [5.41, 5.74) is 3.95. The number of furan rings is 1. The number of carbonyl (C=O) groups is 2. The quantitative estimate of drug-likeness (QED) is 0.378. The predicted molar refractivity (Wildman–Crippen MR) is 139 cm³/mol. The standard InChI is InChI=1S/C28H24ClN3O4/c29-25-17-22(20-2-4-21(5-3-20)28(34)32-11-13-35-14-12-32)15-23-16-24(36-27(23)25)18-31-26(33)6-1-19-7-9-30-10-8-19/h1-10,15-17H,11-14,18H2,(H,31,33)/b6-1+. The van der Waals surface area contributed by atoms with E-state index in [-0.39, 0.29) is 18.4 Å². The fourth-order valence-corrected chi connectivity index (χ4v) is 4.32. The number of carbonyl (C=O) groups excluding carboxylic acids is 2. The average molecular weight is 502 g/mol. The third-order valence-corrected chi connectivity index (χ3v) is 6.24. The number of rotatable bonds is 6. The number of ether oxygens (including phenoxy) is 1. The zero-order valence-electron chi connectivity index (χ0n) is 19.4. The van der Waals surface area contributed by atoms with E-state index in [0.717, 1.165) is 22.1 Å². The van der Waals surface area contributed by atoms with Crippen LogP contribution >= 0.6 is 11.6 Å². The molecule has 0 bridgehead atoms. The zero-order valence-corrected chi connectivity index (χ0v) is 20.2. The Labute approximate surface area is 213 Å². The van der Waals surface area contributed by atoms with Gasteiger partial charge >= 0.3 is 0 Å². The molecule has 2 amide bonds. The van der Waals surface area contributed by atoms with Crippen LogP contribution in [0.25, 0.3) is 28.2 Å². The molecule has 5 rings (SSSR count). The van der Waals surface area contributed by atoms with Crippen LogP contribution in [0.4, 0.5) is 0 Å². The zero-order chi connectivity index (χ0) is 24.9. The molecule has 1 saturated heterocycles. The topological polar surface area (TPSA) is 84.7 Å². The molecule has 2 aromatic heterocycles. The first-order valence-corrected chi connectivity index (χ1v) is 12.0.